The number of aromatic nitrogens is 4. The molecule has 0 radical (unpaired) electrons. The van der Waals surface area contributed by atoms with Gasteiger partial charge in [-0.15, -0.1) is 0 Å². The van der Waals surface area contributed by atoms with Crippen LogP contribution in [0.1, 0.15) is 11.3 Å². The summed E-state index contributed by atoms with van der Waals surface area (Å²) in [4.78, 5) is 7.73. The van der Waals surface area contributed by atoms with Crippen LogP contribution in [0.5, 0.6) is 0 Å². The second kappa shape index (κ2) is 3.71. The van der Waals surface area contributed by atoms with Crippen molar-refractivity contribution >= 4 is 11.0 Å². The summed E-state index contributed by atoms with van der Waals surface area (Å²) in [5.41, 5.74) is 9.63. The van der Waals surface area contributed by atoms with Crippen molar-refractivity contribution in [3.8, 4) is 5.95 Å². The highest BCUT2D eigenvalue weighted by molar-refractivity contribution is 5.75. The molecule has 2 aromatic heterocycles. The lowest BCUT2D eigenvalue weighted by molar-refractivity contribution is 0.798. The van der Waals surface area contributed by atoms with E-state index in [-0.39, 0.29) is 0 Å². The molecule has 5 nitrogen and oxygen atoms in total. The number of nitrogens with one attached hydrogen (secondary N) is 1. The van der Waals surface area contributed by atoms with Crippen molar-refractivity contribution in [2.45, 2.75) is 13.5 Å². The van der Waals surface area contributed by atoms with Crippen LogP contribution in [0.3, 0.4) is 0 Å². The number of imidazole rings is 1. The molecular weight excluding hydrogens is 214 g/mol. The molecule has 0 aliphatic heterocycles. The third kappa shape index (κ3) is 1.52. The summed E-state index contributed by atoms with van der Waals surface area (Å²) >= 11 is 0. The van der Waals surface area contributed by atoms with Crippen molar-refractivity contribution in [1.29, 1.82) is 0 Å². The lowest BCUT2D eigenvalue weighted by Crippen LogP contribution is -2.03. The summed E-state index contributed by atoms with van der Waals surface area (Å²) < 4.78 is 1.78. The van der Waals surface area contributed by atoms with Crippen LogP contribution in [0.2, 0.25) is 0 Å². The lowest BCUT2D eigenvalue weighted by Gasteiger charge is -1.99. The van der Waals surface area contributed by atoms with E-state index < -0.39 is 0 Å². The van der Waals surface area contributed by atoms with Gasteiger partial charge >= 0.3 is 0 Å². The molecule has 17 heavy (non-hydrogen) atoms. The van der Waals surface area contributed by atoms with Crippen LogP contribution in [-0.2, 0) is 6.54 Å². The fraction of sp³-hybridized carbons (Fsp3) is 0.167. The Balaban J connectivity index is 2.17. The Labute approximate surface area is 98.3 Å². The first-order valence-electron chi connectivity index (χ1n) is 5.48. The lowest BCUT2D eigenvalue weighted by atomic mass is 10.3. The van der Waals surface area contributed by atoms with Gasteiger partial charge in [0.1, 0.15) is 0 Å². The standard InChI is InChI=1S/C12H13N5/c1-8-9(6-13)7-14-17(8)12-15-10-4-2-3-5-11(10)16-12/h2-5,7H,6,13H2,1H3,(H,15,16). The molecule has 5 heteroatoms. The van der Waals surface area contributed by atoms with Gasteiger partial charge in [0.05, 0.1) is 17.2 Å². The van der Waals surface area contributed by atoms with Gasteiger partial charge in [0.15, 0.2) is 0 Å². The number of para-hydroxylation sites is 2. The maximum absolute atomic E-state index is 5.63. The number of aromatic amines is 1. The molecule has 0 saturated heterocycles. The zero-order valence-electron chi connectivity index (χ0n) is 9.51. The Kier molecular flexibility index (Phi) is 2.19. The average Bonchev–Trinajstić information content (AvgIpc) is 2.91. The molecule has 0 atom stereocenters. The van der Waals surface area contributed by atoms with E-state index in [0.29, 0.717) is 6.54 Å². The zero-order chi connectivity index (χ0) is 11.8. The summed E-state index contributed by atoms with van der Waals surface area (Å²) in [6.07, 6.45) is 1.78. The molecule has 1 aromatic carbocycles. The van der Waals surface area contributed by atoms with Crippen LogP contribution in [0, 0.1) is 6.92 Å². The maximum atomic E-state index is 5.63. The zero-order valence-corrected chi connectivity index (χ0v) is 9.51. The largest absolute Gasteiger partial charge is 0.326 e. The van der Waals surface area contributed by atoms with Gasteiger partial charge in [0.25, 0.3) is 0 Å². The van der Waals surface area contributed by atoms with Crippen LogP contribution in [0.25, 0.3) is 17.0 Å². The minimum Gasteiger partial charge on any atom is -0.326 e. The molecule has 0 aliphatic carbocycles. The normalized spacial score (nSPS) is 11.2. The SMILES string of the molecule is Cc1c(CN)cnn1-c1nc2ccccc2[nH]1. The van der Waals surface area contributed by atoms with Crippen molar-refractivity contribution in [1.82, 2.24) is 19.7 Å². The van der Waals surface area contributed by atoms with Gasteiger partial charge in [0.2, 0.25) is 5.95 Å². The number of benzene rings is 1. The number of nitrogens with zero attached hydrogens (tertiary/aromatic N) is 3. The first-order chi connectivity index (χ1) is 8.29. The summed E-state index contributed by atoms with van der Waals surface area (Å²) in [6.45, 7) is 2.48. The number of nitrogens with two attached hydrogens (primary N) is 1. The van der Waals surface area contributed by atoms with Crippen molar-refractivity contribution in [3.05, 3.63) is 41.7 Å². The predicted octanol–water partition coefficient (Wildman–Crippen LogP) is 1.52. The Morgan fingerprint density at radius 1 is 1.35 bits per heavy atom. The van der Waals surface area contributed by atoms with Crippen LogP contribution in [0.15, 0.2) is 30.5 Å². The molecule has 3 rings (SSSR count). The first-order valence-corrected chi connectivity index (χ1v) is 5.48. The van der Waals surface area contributed by atoms with Gasteiger partial charge in [-0.3, -0.25) is 0 Å². The first kappa shape index (κ1) is 10.0. The second-order valence-corrected chi connectivity index (χ2v) is 3.95. The third-order valence-corrected chi connectivity index (χ3v) is 2.91. The van der Waals surface area contributed by atoms with E-state index in [1.54, 1.807) is 10.9 Å². The molecule has 0 saturated carbocycles. The maximum Gasteiger partial charge on any atom is 0.229 e. The Hall–Kier alpha value is -2.14. The molecule has 3 aromatic rings. The number of hydrogen-bond donors (Lipinski definition) is 2. The van der Waals surface area contributed by atoms with E-state index >= 15 is 0 Å². The number of H-pyrrole nitrogens is 1. The van der Waals surface area contributed by atoms with Crippen LogP contribution >= 0.6 is 0 Å². The fourth-order valence-corrected chi connectivity index (χ4v) is 1.90. The molecular formula is C12H13N5. The van der Waals surface area contributed by atoms with Gasteiger partial charge in [-0.25, -0.2) is 9.67 Å². The van der Waals surface area contributed by atoms with Crippen molar-refractivity contribution in [2.75, 3.05) is 0 Å². The molecule has 0 unspecified atom stereocenters. The van der Waals surface area contributed by atoms with E-state index in [1.165, 1.54) is 0 Å². The highest BCUT2D eigenvalue weighted by atomic mass is 15.4. The van der Waals surface area contributed by atoms with Gasteiger partial charge in [-0.1, -0.05) is 12.1 Å². The molecule has 0 amide bonds. The summed E-state index contributed by atoms with van der Waals surface area (Å²) in [6, 6.07) is 7.91. The molecule has 0 bridgehead atoms. The second-order valence-electron chi connectivity index (χ2n) is 3.95. The number of rotatable bonds is 2. The van der Waals surface area contributed by atoms with Gasteiger partial charge in [-0.05, 0) is 19.1 Å². The molecule has 0 aliphatic rings. The monoisotopic (exact) mass is 227 g/mol. The van der Waals surface area contributed by atoms with Gasteiger partial charge in [0, 0.05) is 17.8 Å². The molecule has 0 fully saturated rings. The summed E-state index contributed by atoms with van der Waals surface area (Å²) in [5, 5.41) is 4.29. The van der Waals surface area contributed by atoms with Crippen LogP contribution in [0.4, 0.5) is 0 Å². The highest BCUT2D eigenvalue weighted by Crippen LogP contribution is 2.15. The van der Waals surface area contributed by atoms with E-state index in [0.717, 1.165) is 28.2 Å². The topological polar surface area (TPSA) is 72.5 Å². The Morgan fingerprint density at radius 3 is 2.88 bits per heavy atom. The quantitative estimate of drug-likeness (QED) is 0.697. The summed E-state index contributed by atoms with van der Waals surface area (Å²) in [7, 11) is 0. The van der Waals surface area contributed by atoms with E-state index in [4.69, 9.17) is 5.73 Å². The van der Waals surface area contributed by atoms with E-state index in [9.17, 15) is 0 Å². The Morgan fingerprint density at radius 2 is 2.18 bits per heavy atom. The van der Waals surface area contributed by atoms with Gasteiger partial charge in [-0.2, -0.15) is 5.10 Å². The minimum absolute atomic E-state index is 0.492. The van der Waals surface area contributed by atoms with E-state index in [1.807, 2.05) is 31.2 Å². The molecule has 0 spiro atoms. The van der Waals surface area contributed by atoms with Crippen molar-refractivity contribution in [2.24, 2.45) is 5.73 Å². The van der Waals surface area contributed by atoms with Crippen molar-refractivity contribution < 1.29 is 0 Å². The van der Waals surface area contributed by atoms with Crippen LogP contribution < -0.4 is 5.73 Å². The highest BCUT2D eigenvalue weighted by Gasteiger charge is 2.10. The molecule has 3 N–H and O–H groups in total. The predicted molar refractivity (Wildman–Crippen MR) is 65.8 cm³/mol. The molecule has 2 heterocycles. The van der Waals surface area contributed by atoms with Crippen LogP contribution in [-0.4, -0.2) is 19.7 Å². The van der Waals surface area contributed by atoms with Gasteiger partial charge < -0.3 is 10.7 Å². The summed E-state index contributed by atoms with van der Waals surface area (Å²) in [5.74, 6) is 0.725. The average molecular weight is 227 g/mol. The third-order valence-electron chi connectivity index (χ3n) is 2.91. The van der Waals surface area contributed by atoms with Crippen molar-refractivity contribution in [3.63, 3.8) is 0 Å². The smallest absolute Gasteiger partial charge is 0.229 e. The number of fused-ring (bicyclic) bond motifs is 1. The minimum atomic E-state index is 0.492. The fourth-order valence-electron chi connectivity index (χ4n) is 1.90. The molecule has 86 valence electrons. The van der Waals surface area contributed by atoms with E-state index in [2.05, 4.69) is 15.1 Å². The number of hydrogen-bond acceptors (Lipinski definition) is 3. The Bertz CT molecular complexity index is 631.